The van der Waals surface area contributed by atoms with E-state index in [9.17, 15) is 19.3 Å². The molecule has 150 valence electrons. The highest BCUT2D eigenvalue weighted by Crippen LogP contribution is 2.42. The Hall–Kier alpha value is -2.26. The van der Waals surface area contributed by atoms with E-state index in [-0.39, 0.29) is 17.8 Å². The van der Waals surface area contributed by atoms with Crippen molar-refractivity contribution in [3.63, 3.8) is 0 Å². The van der Waals surface area contributed by atoms with Crippen LogP contribution in [-0.2, 0) is 14.7 Å². The van der Waals surface area contributed by atoms with Crippen LogP contribution in [0.3, 0.4) is 0 Å². The van der Waals surface area contributed by atoms with Crippen molar-refractivity contribution >= 4 is 30.6 Å². The SMILES string of the molecule is C#CCN(C(=O)OC(C)(C)C)c1c(C(C)(C)C)c(P(C)(C)=O)nn1C(=O)O. The molecule has 0 bridgehead atoms. The Kier molecular flexibility index (Phi) is 6.24. The first-order valence-corrected chi connectivity index (χ1v) is 11.0. The summed E-state index contributed by atoms with van der Waals surface area (Å²) in [7, 11) is -2.95. The summed E-state index contributed by atoms with van der Waals surface area (Å²) in [4.78, 5) is 25.7. The molecular weight excluding hydrogens is 369 g/mol. The third-order valence-electron chi connectivity index (χ3n) is 3.40. The van der Waals surface area contributed by atoms with E-state index in [4.69, 9.17) is 11.2 Å². The summed E-state index contributed by atoms with van der Waals surface area (Å²) in [6.07, 6.45) is 3.20. The van der Waals surface area contributed by atoms with Gasteiger partial charge in [0.05, 0.1) is 6.54 Å². The summed E-state index contributed by atoms with van der Waals surface area (Å²) < 4.78 is 18.8. The van der Waals surface area contributed by atoms with Crippen LogP contribution in [0.25, 0.3) is 0 Å². The predicted molar refractivity (Wildman–Crippen MR) is 106 cm³/mol. The van der Waals surface area contributed by atoms with Crippen LogP contribution < -0.4 is 10.3 Å². The number of aromatic nitrogens is 2. The summed E-state index contributed by atoms with van der Waals surface area (Å²) in [6, 6.07) is 0. The molecule has 1 aromatic rings. The molecule has 1 heterocycles. The molecule has 0 aliphatic rings. The first-order chi connectivity index (χ1) is 12.0. The van der Waals surface area contributed by atoms with Gasteiger partial charge in [0.15, 0.2) is 5.82 Å². The molecule has 1 N–H and O–H groups in total. The number of hydrogen-bond donors (Lipinski definition) is 1. The Labute approximate surface area is 160 Å². The first-order valence-electron chi connectivity index (χ1n) is 8.37. The number of ether oxygens (including phenoxy) is 1. The molecule has 0 aliphatic carbocycles. The minimum Gasteiger partial charge on any atom is -0.463 e. The van der Waals surface area contributed by atoms with E-state index in [1.807, 2.05) is 20.8 Å². The maximum atomic E-state index is 12.8. The van der Waals surface area contributed by atoms with Crippen molar-refractivity contribution in [3.8, 4) is 12.3 Å². The molecule has 1 rings (SSSR count). The van der Waals surface area contributed by atoms with Gasteiger partial charge >= 0.3 is 12.2 Å². The van der Waals surface area contributed by atoms with Crippen molar-refractivity contribution in [2.75, 3.05) is 24.8 Å². The molecule has 0 radical (unpaired) electrons. The van der Waals surface area contributed by atoms with E-state index in [1.165, 1.54) is 13.3 Å². The lowest BCUT2D eigenvalue weighted by atomic mass is 9.88. The van der Waals surface area contributed by atoms with Crippen LogP contribution in [0.2, 0.25) is 0 Å². The first kappa shape index (κ1) is 22.8. The second kappa shape index (κ2) is 7.40. The van der Waals surface area contributed by atoms with Crippen LogP contribution in [-0.4, -0.2) is 52.5 Å². The topological polar surface area (TPSA) is 102 Å². The van der Waals surface area contributed by atoms with Gasteiger partial charge in [0.1, 0.15) is 18.2 Å². The van der Waals surface area contributed by atoms with Crippen LogP contribution in [0.4, 0.5) is 15.4 Å². The van der Waals surface area contributed by atoms with Gasteiger partial charge in [0.2, 0.25) is 0 Å². The summed E-state index contributed by atoms with van der Waals surface area (Å²) in [5, 5.41) is 13.7. The molecule has 27 heavy (non-hydrogen) atoms. The fraction of sp³-hybridized carbons (Fsp3) is 0.611. The van der Waals surface area contributed by atoms with E-state index >= 15 is 0 Å². The average molecular weight is 397 g/mol. The molecule has 0 saturated carbocycles. The Morgan fingerprint density at radius 1 is 1.26 bits per heavy atom. The highest BCUT2D eigenvalue weighted by molar-refractivity contribution is 7.70. The fourth-order valence-electron chi connectivity index (χ4n) is 2.46. The smallest absolute Gasteiger partial charge is 0.434 e. The van der Waals surface area contributed by atoms with Crippen LogP contribution >= 0.6 is 7.14 Å². The zero-order valence-electron chi connectivity index (χ0n) is 17.2. The van der Waals surface area contributed by atoms with Crippen molar-refractivity contribution in [1.29, 1.82) is 0 Å². The maximum absolute atomic E-state index is 12.8. The van der Waals surface area contributed by atoms with Gasteiger partial charge < -0.3 is 14.4 Å². The number of nitrogens with zero attached hydrogens (tertiary/aromatic N) is 3. The fourth-order valence-corrected chi connectivity index (χ4v) is 3.74. The zero-order valence-corrected chi connectivity index (χ0v) is 18.0. The number of carbonyl (C=O) groups is 2. The summed E-state index contributed by atoms with van der Waals surface area (Å²) in [5.41, 5.74) is -0.931. The minimum atomic E-state index is -2.95. The maximum Gasteiger partial charge on any atom is 0.434 e. The van der Waals surface area contributed by atoms with Crippen LogP contribution in [0, 0.1) is 12.3 Å². The highest BCUT2D eigenvalue weighted by Gasteiger charge is 2.39. The van der Waals surface area contributed by atoms with E-state index < -0.39 is 30.3 Å². The Balaban J connectivity index is 3.88. The second-order valence-corrected chi connectivity index (χ2v) is 11.7. The molecule has 0 unspecified atom stereocenters. The van der Waals surface area contributed by atoms with E-state index in [1.54, 1.807) is 20.8 Å². The van der Waals surface area contributed by atoms with Crippen molar-refractivity contribution in [2.24, 2.45) is 0 Å². The predicted octanol–water partition coefficient (Wildman–Crippen LogP) is 3.33. The lowest BCUT2D eigenvalue weighted by Gasteiger charge is -2.29. The van der Waals surface area contributed by atoms with Crippen LogP contribution in [0.5, 0.6) is 0 Å². The van der Waals surface area contributed by atoms with Crippen LogP contribution in [0.15, 0.2) is 0 Å². The van der Waals surface area contributed by atoms with Gasteiger partial charge in [-0.15, -0.1) is 11.1 Å². The molecule has 0 saturated heterocycles. The van der Waals surface area contributed by atoms with Crippen LogP contribution in [0.1, 0.15) is 47.1 Å². The van der Waals surface area contributed by atoms with E-state index in [0.717, 1.165) is 4.90 Å². The number of amides is 1. The quantitative estimate of drug-likeness (QED) is 0.620. The van der Waals surface area contributed by atoms with E-state index in [2.05, 4.69) is 11.0 Å². The number of rotatable bonds is 3. The molecule has 0 fully saturated rings. The molecule has 1 aromatic heterocycles. The lowest BCUT2D eigenvalue weighted by Crippen LogP contribution is -2.40. The molecular formula is C18H28N3O5P. The Bertz CT molecular complexity index is 831. The molecule has 0 aliphatic heterocycles. The third-order valence-corrected chi connectivity index (χ3v) is 4.74. The van der Waals surface area contributed by atoms with Crippen molar-refractivity contribution in [3.05, 3.63) is 5.56 Å². The van der Waals surface area contributed by atoms with Crippen molar-refractivity contribution in [2.45, 2.75) is 52.6 Å². The average Bonchev–Trinajstić information content (AvgIpc) is 2.82. The van der Waals surface area contributed by atoms with Gasteiger partial charge in [-0.3, -0.25) is 0 Å². The van der Waals surface area contributed by atoms with E-state index in [0.29, 0.717) is 10.2 Å². The summed E-state index contributed by atoms with van der Waals surface area (Å²) in [5.74, 6) is 2.31. The number of carbonyl (C=O) groups excluding carboxylic acids is 1. The monoisotopic (exact) mass is 397 g/mol. The zero-order chi connectivity index (χ0) is 21.4. The van der Waals surface area contributed by atoms with Gasteiger partial charge in [0.25, 0.3) is 0 Å². The second-order valence-electron chi connectivity index (χ2n) is 8.59. The number of hydrogen-bond acceptors (Lipinski definition) is 5. The molecule has 0 atom stereocenters. The molecule has 0 spiro atoms. The standard InChI is InChI=1S/C18H28N3O5P/c1-10-11-20(16(24)26-18(5,6)7)14-12(17(2,3)4)13(27(8,9)25)19-21(14)15(22)23/h1H,11H2,2-9H3,(H,22,23). The highest BCUT2D eigenvalue weighted by atomic mass is 31.2. The number of terminal acetylenes is 1. The number of anilines is 1. The van der Waals surface area contributed by atoms with Crippen molar-refractivity contribution in [1.82, 2.24) is 9.78 Å². The van der Waals surface area contributed by atoms with Gasteiger partial charge in [0, 0.05) is 5.56 Å². The van der Waals surface area contributed by atoms with Gasteiger partial charge in [-0.05, 0) is 39.5 Å². The Morgan fingerprint density at radius 2 is 1.78 bits per heavy atom. The molecule has 8 nitrogen and oxygen atoms in total. The van der Waals surface area contributed by atoms with Gasteiger partial charge in [-0.2, -0.15) is 5.10 Å². The van der Waals surface area contributed by atoms with Gasteiger partial charge in [-0.25, -0.2) is 14.5 Å². The molecule has 0 aromatic carbocycles. The van der Waals surface area contributed by atoms with Gasteiger partial charge in [-0.1, -0.05) is 26.7 Å². The summed E-state index contributed by atoms with van der Waals surface area (Å²) >= 11 is 0. The summed E-state index contributed by atoms with van der Waals surface area (Å²) in [6.45, 7) is 13.3. The van der Waals surface area contributed by atoms with Crippen molar-refractivity contribution < 1.29 is 24.0 Å². The number of carboxylic acid groups (broad SMARTS) is 1. The lowest BCUT2D eigenvalue weighted by molar-refractivity contribution is 0.0582. The largest absolute Gasteiger partial charge is 0.463 e. The minimum absolute atomic E-state index is 0.0406. The molecule has 9 heteroatoms. The normalized spacial score (nSPS) is 12.4. The molecule has 1 amide bonds. The Morgan fingerprint density at radius 3 is 2.11 bits per heavy atom. The third kappa shape index (κ3) is 5.36.